The van der Waals surface area contributed by atoms with Crippen molar-refractivity contribution >= 4 is 5.97 Å². The van der Waals surface area contributed by atoms with Crippen molar-refractivity contribution in [1.29, 1.82) is 0 Å². The van der Waals surface area contributed by atoms with Gasteiger partial charge in [0.15, 0.2) is 0 Å². The van der Waals surface area contributed by atoms with Crippen LogP contribution in [0.4, 0.5) is 0 Å². The van der Waals surface area contributed by atoms with E-state index in [1.165, 1.54) is 47.9 Å². The Morgan fingerprint density at radius 3 is 2.28 bits per heavy atom. The van der Waals surface area contributed by atoms with E-state index in [0.717, 1.165) is 17.1 Å². The molecular formula is C31H38N2O3. The van der Waals surface area contributed by atoms with E-state index in [-0.39, 0.29) is 23.2 Å². The summed E-state index contributed by atoms with van der Waals surface area (Å²) < 4.78 is 8.20. The fourth-order valence-corrected chi connectivity index (χ4v) is 5.78. The summed E-state index contributed by atoms with van der Waals surface area (Å²) in [6.07, 6.45) is 8.51. The number of benzene rings is 2. The van der Waals surface area contributed by atoms with Crippen LogP contribution in [-0.4, -0.2) is 20.6 Å². The molecule has 0 amide bonds. The Morgan fingerprint density at radius 2 is 1.72 bits per heavy atom. The van der Waals surface area contributed by atoms with E-state index in [2.05, 4.69) is 44.8 Å². The predicted molar refractivity (Wildman–Crippen MR) is 142 cm³/mol. The summed E-state index contributed by atoms with van der Waals surface area (Å²) in [6, 6.07) is 12.8. The van der Waals surface area contributed by atoms with Crippen molar-refractivity contribution in [1.82, 2.24) is 9.55 Å². The number of aromatic nitrogens is 2. The van der Waals surface area contributed by atoms with Gasteiger partial charge in [0, 0.05) is 19.4 Å². The van der Waals surface area contributed by atoms with Crippen LogP contribution in [0.25, 0.3) is 0 Å². The van der Waals surface area contributed by atoms with Crippen LogP contribution in [-0.2, 0) is 29.3 Å². The molecule has 0 bridgehead atoms. The molecule has 5 rings (SSSR count). The third kappa shape index (κ3) is 4.80. The molecule has 2 aliphatic carbocycles. The zero-order valence-electron chi connectivity index (χ0n) is 22.2. The van der Waals surface area contributed by atoms with Crippen LogP contribution >= 0.6 is 0 Å². The lowest BCUT2D eigenvalue weighted by Crippen LogP contribution is -2.34. The standard InChI is InChI=1S/C31H38N2O3/c1-30(2)12-13-31(3,4)27-17-24(20-6-7-20)22(16-26(27)30)19-36-23-10-8-21(9-11-23)25(18-28(34)35)29-32-14-15-33(29)5/h8-11,14-17,20,25H,6-7,12-13,18-19H2,1-5H3,(H,34,35)/t25-/m0/s1. The molecule has 5 heteroatoms. The van der Waals surface area contributed by atoms with E-state index in [1.807, 2.05) is 42.1 Å². The van der Waals surface area contributed by atoms with Crippen molar-refractivity contribution in [3.8, 4) is 5.75 Å². The second-order valence-electron chi connectivity index (χ2n) is 12.0. The lowest BCUT2D eigenvalue weighted by molar-refractivity contribution is -0.137. The van der Waals surface area contributed by atoms with E-state index in [4.69, 9.17) is 4.74 Å². The molecule has 0 radical (unpaired) electrons. The molecule has 0 spiro atoms. The highest BCUT2D eigenvalue weighted by Gasteiger charge is 2.39. The molecule has 1 aromatic heterocycles. The number of carbonyl (C=O) groups is 1. The maximum absolute atomic E-state index is 11.5. The molecule has 36 heavy (non-hydrogen) atoms. The Bertz CT molecular complexity index is 1270. The van der Waals surface area contributed by atoms with Crippen LogP contribution in [0, 0.1) is 0 Å². The minimum absolute atomic E-state index is 0.00291. The zero-order chi connectivity index (χ0) is 25.7. The Balaban J connectivity index is 1.39. The van der Waals surface area contributed by atoms with Crippen molar-refractivity contribution in [3.05, 3.63) is 82.4 Å². The first-order chi connectivity index (χ1) is 17.0. The molecule has 1 fully saturated rings. The molecule has 2 aromatic carbocycles. The second-order valence-corrected chi connectivity index (χ2v) is 12.0. The van der Waals surface area contributed by atoms with Gasteiger partial charge in [-0.3, -0.25) is 4.79 Å². The Kier molecular flexibility index (Phi) is 6.22. The predicted octanol–water partition coefficient (Wildman–Crippen LogP) is 6.83. The summed E-state index contributed by atoms with van der Waals surface area (Å²) >= 11 is 0. The van der Waals surface area contributed by atoms with Crippen molar-refractivity contribution in [3.63, 3.8) is 0 Å². The highest BCUT2D eigenvalue weighted by Crippen LogP contribution is 2.50. The monoisotopic (exact) mass is 486 g/mol. The maximum Gasteiger partial charge on any atom is 0.304 e. The molecule has 0 unspecified atom stereocenters. The topological polar surface area (TPSA) is 64.4 Å². The quantitative estimate of drug-likeness (QED) is 0.379. The Labute approximate surface area is 214 Å². The molecule has 1 N–H and O–H groups in total. The molecule has 0 aliphatic heterocycles. The van der Waals surface area contributed by atoms with Gasteiger partial charge in [0.25, 0.3) is 0 Å². The smallest absolute Gasteiger partial charge is 0.304 e. The van der Waals surface area contributed by atoms with Crippen LogP contribution in [0.1, 0.15) is 105 Å². The lowest BCUT2D eigenvalue weighted by atomic mass is 9.62. The van der Waals surface area contributed by atoms with E-state index in [9.17, 15) is 9.90 Å². The number of nitrogens with zero attached hydrogens (tertiary/aromatic N) is 2. The fourth-order valence-electron chi connectivity index (χ4n) is 5.78. The van der Waals surface area contributed by atoms with Crippen molar-refractivity contribution in [2.45, 2.75) is 89.1 Å². The van der Waals surface area contributed by atoms with Gasteiger partial charge in [-0.25, -0.2) is 4.98 Å². The first kappa shape index (κ1) is 24.6. The molecular weight excluding hydrogens is 448 g/mol. The number of hydrogen-bond acceptors (Lipinski definition) is 3. The van der Waals surface area contributed by atoms with Crippen LogP contribution in [0.2, 0.25) is 0 Å². The van der Waals surface area contributed by atoms with Crippen molar-refractivity contribution in [2.24, 2.45) is 7.05 Å². The third-order valence-corrected chi connectivity index (χ3v) is 8.36. The molecule has 2 aliphatic rings. The second kappa shape index (κ2) is 9.10. The number of imidazole rings is 1. The zero-order valence-corrected chi connectivity index (χ0v) is 22.2. The van der Waals surface area contributed by atoms with Crippen LogP contribution in [0.15, 0.2) is 48.8 Å². The Hall–Kier alpha value is -3.08. The van der Waals surface area contributed by atoms with E-state index < -0.39 is 5.97 Å². The Morgan fingerprint density at radius 1 is 1.08 bits per heavy atom. The molecule has 3 aromatic rings. The van der Waals surface area contributed by atoms with Gasteiger partial charge in [-0.1, -0.05) is 52.0 Å². The average Bonchev–Trinajstić information content (AvgIpc) is 3.59. The number of aliphatic carboxylic acids is 1. The number of ether oxygens (including phenoxy) is 1. The minimum atomic E-state index is -0.838. The van der Waals surface area contributed by atoms with Gasteiger partial charge in [-0.15, -0.1) is 0 Å². The SMILES string of the molecule is Cn1ccnc1[C@@H](CC(=O)O)c1ccc(OCc2cc3c(cc2C2CC2)C(C)(C)CCC3(C)C)cc1. The largest absolute Gasteiger partial charge is 0.489 e. The van der Waals surface area contributed by atoms with Gasteiger partial charge in [-0.05, 0) is 82.4 Å². The summed E-state index contributed by atoms with van der Waals surface area (Å²) in [7, 11) is 1.90. The van der Waals surface area contributed by atoms with Gasteiger partial charge in [0.2, 0.25) is 0 Å². The van der Waals surface area contributed by atoms with Crippen molar-refractivity contribution < 1.29 is 14.6 Å². The number of rotatable bonds is 8. The van der Waals surface area contributed by atoms with Crippen LogP contribution < -0.4 is 4.74 Å². The van der Waals surface area contributed by atoms with Gasteiger partial charge in [-0.2, -0.15) is 0 Å². The van der Waals surface area contributed by atoms with Gasteiger partial charge in [0.1, 0.15) is 18.2 Å². The number of carboxylic acid groups (broad SMARTS) is 1. The highest BCUT2D eigenvalue weighted by molar-refractivity contribution is 5.68. The summed E-state index contributed by atoms with van der Waals surface area (Å²) in [6.45, 7) is 10.1. The van der Waals surface area contributed by atoms with Crippen molar-refractivity contribution in [2.75, 3.05) is 0 Å². The molecule has 1 atom stereocenters. The average molecular weight is 487 g/mol. The van der Waals surface area contributed by atoms with E-state index in [1.54, 1.807) is 6.20 Å². The minimum Gasteiger partial charge on any atom is -0.489 e. The van der Waals surface area contributed by atoms with Crippen LogP contribution in [0.3, 0.4) is 0 Å². The third-order valence-electron chi connectivity index (χ3n) is 8.36. The number of hydrogen-bond donors (Lipinski definition) is 1. The number of fused-ring (bicyclic) bond motifs is 1. The normalized spacial score (nSPS) is 18.9. The summed E-state index contributed by atoms with van der Waals surface area (Å²) in [5.74, 6) is 1.07. The molecule has 5 nitrogen and oxygen atoms in total. The first-order valence-corrected chi connectivity index (χ1v) is 13.1. The van der Waals surface area contributed by atoms with Gasteiger partial charge in [0.05, 0.1) is 12.3 Å². The summed E-state index contributed by atoms with van der Waals surface area (Å²) in [4.78, 5) is 15.9. The maximum atomic E-state index is 11.5. The molecule has 0 saturated heterocycles. The molecule has 1 saturated carbocycles. The summed E-state index contributed by atoms with van der Waals surface area (Å²) in [5.41, 5.74) is 7.08. The molecule has 1 heterocycles. The fraction of sp³-hybridized carbons (Fsp3) is 0.484. The molecule has 190 valence electrons. The van der Waals surface area contributed by atoms with Crippen LogP contribution in [0.5, 0.6) is 5.75 Å². The van der Waals surface area contributed by atoms with Gasteiger partial charge >= 0.3 is 5.97 Å². The number of aryl methyl sites for hydroxylation is 1. The highest BCUT2D eigenvalue weighted by atomic mass is 16.5. The van der Waals surface area contributed by atoms with Gasteiger partial charge < -0.3 is 14.4 Å². The number of carboxylic acids is 1. The van der Waals surface area contributed by atoms with E-state index in [0.29, 0.717) is 12.5 Å². The summed E-state index contributed by atoms with van der Waals surface area (Å²) in [5, 5.41) is 9.47. The first-order valence-electron chi connectivity index (χ1n) is 13.1. The van der Waals surface area contributed by atoms with E-state index >= 15 is 0 Å². The lowest BCUT2D eigenvalue weighted by Gasteiger charge is -2.42.